The Kier molecular flexibility index (Phi) is 18.0. The number of nitrogens with one attached hydrogen (secondary N) is 2. The van der Waals surface area contributed by atoms with Gasteiger partial charge in [-0.05, 0) is 124 Å². The minimum atomic E-state index is -5.27. The fourth-order valence-corrected chi connectivity index (χ4v) is 10.6. The van der Waals surface area contributed by atoms with Gasteiger partial charge in [0.15, 0.2) is 5.60 Å². The largest absolute Gasteiger partial charge is 0.497 e. The highest BCUT2D eigenvalue weighted by molar-refractivity contribution is 6.03. The first kappa shape index (κ1) is 60.7. The predicted octanol–water partition coefficient (Wildman–Crippen LogP) is 10.9. The number of carbonyl (C=O) groups is 5. The summed E-state index contributed by atoms with van der Waals surface area (Å²) in [6, 6.07) is 33.0. The van der Waals surface area contributed by atoms with Gasteiger partial charge in [0.2, 0.25) is 5.91 Å². The summed E-state index contributed by atoms with van der Waals surface area (Å²) in [6.07, 6.45) is -10.1. The van der Waals surface area contributed by atoms with Crippen molar-refractivity contribution in [3.8, 4) is 23.0 Å². The molecule has 21 heteroatoms. The van der Waals surface area contributed by atoms with Gasteiger partial charge >= 0.3 is 30.1 Å². The number of nitrogens with zero attached hydrogens (tertiary/aromatic N) is 2. The number of anilines is 2. The van der Waals surface area contributed by atoms with Crippen LogP contribution in [0.3, 0.4) is 0 Å². The Balaban J connectivity index is 0.967. The van der Waals surface area contributed by atoms with Crippen LogP contribution in [0.5, 0.6) is 23.0 Å². The van der Waals surface area contributed by atoms with Gasteiger partial charge in [-0.15, -0.1) is 0 Å². The third-order valence-electron chi connectivity index (χ3n) is 14.8. The van der Waals surface area contributed by atoms with Crippen molar-refractivity contribution >= 4 is 41.0 Å². The van der Waals surface area contributed by atoms with Crippen LogP contribution in [0.4, 0.5) is 37.7 Å². The molecule has 83 heavy (non-hydrogen) atoms. The molecule has 2 heterocycles. The maximum atomic E-state index is 14.1. The lowest BCUT2D eigenvalue weighted by molar-refractivity contribution is -0.170. The topological polar surface area (TPSA) is 182 Å². The summed E-state index contributed by atoms with van der Waals surface area (Å²) < 4.78 is 113. The van der Waals surface area contributed by atoms with Crippen LogP contribution in [-0.2, 0) is 35.1 Å². The molecule has 0 aliphatic carbocycles. The number of carbonyl (C=O) groups excluding carboxylic acids is 5. The number of benzene rings is 6. The van der Waals surface area contributed by atoms with Crippen molar-refractivity contribution in [2.75, 3.05) is 50.3 Å². The molecule has 1 spiro atoms. The van der Waals surface area contributed by atoms with Crippen molar-refractivity contribution in [1.29, 1.82) is 0 Å². The van der Waals surface area contributed by atoms with E-state index in [1.165, 1.54) is 58.0 Å². The maximum Gasteiger partial charge on any atom is 0.471 e. The molecule has 8 rings (SSSR count). The van der Waals surface area contributed by atoms with Gasteiger partial charge in [0, 0.05) is 60.4 Å². The molecule has 0 bridgehead atoms. The first-order valence-corrected chi connectivity index (χ1v) is 26.8. The zero-order valence-electron chi connectivity index (χ0n) is 46.6. The van der Waals surface area contributed by atoms with Crippen LogP contribution < -0.4 is 34.6 Å². The van der Waals surface area contributed by atoms with Crippen LogP contribution in [0.25, 0.3) is 0 Å². The van der Waals surface area contributed by atoms with Crippen LogP contribution in [0.15, 0.2) is 121 Å². The molecule has 2 aliphatic rings. The van der Waals surface area contributed by atoms with Gasteiger partial charge < -0.3 is 49.2 Å². The van der Waals surface area contributed by atoms with E-state index in [4.69, 9.17) is 23.7 Å². The Bertz CT molecular complexity index is 3250. The van der Waals surface area contributed by atoms with Gasteiger partial charge in [-0.25, -0.2) is 4.79 Å². The first-order valence-electron chi connectivity index (χ1n) is 26.8. The molecule has 2 aliphatic heterocycles. The second-order valence-corrected chi connectivity index (χ2v) is 20.1. The molecule has 6 aromatic carbocycles. The number of alkyl halides is 6. The lowest BCUT2D eigenvalue weighted by Gasteiger charge is -2.38. The Labute approximate surface area is 475 Å². The molecular formula is C62H62F6N4O11. The van der Waals surface area contributed by atoms with Crippen molar-refractivity contribution in [2.45, 2.75) is 96.0 Å². The standard InChI is InChI=1S/C62H62F6N4O11/c1-8-71(57(77)61(63,64)65)50-33-52-47(30-36(50)3)60(48-31-37(4)51(34-53(48)82-52)72(9-2)58(78)62(66,67)68)46-28-19-39(32-45(46)56(76)83-60)55(75)69-29-15-11-14-18-54(74)70-49(38(5)73)35-81-59(40-16-12-10-13-17-40,41-20-24-43(79-6)25-21-41)42-22-26-44(80-7)27-23-42/h10,12-13,16-17,19-28,30-34,38,49,73H,8-9,11,14-15,18,29,35H2,1-7H3,(H,69,75)(H,70,74). The molecule has 2 atom stereocenters. The molecule has 4 amide bonds. The molecular weight excluding hydrogens is 1090 g/mol. The molecule has 0 saturated carbocycles. The Morgan fingerprint density at radius 1 is 0.663 bits per heavy atom. The zero-order valence-corrected chi connectivity index (χ0v) is 46.6. The number of hydrogen-bond acceptors (Lipinski definition) is 11. The molecule has 438 valence electrons. The van der Waals surface area contributed by atoms with Crippen LogP contribution in [-0.4, -0.2) is 99.7 Å². The van der Waals surface area contributed by atoms with Crippen molar-refractivity contribution in [3.63, 3.8) is 0 Å². The van der Waals surface area contributed by atoms with Gasteiger partial charge in [-0.1, -0.05) is 67.1 Å². The number of aryl methyl sites for hydroxylation is 2. The van der Waals surface area contributed by atoms with Gasteiger partial charge in [-0.3, -0.25) is 19.2 Å². The Hall–Kier alpha value is -8.43. The number of aliphatic hydroxyl groups excluding tert-OH is 1. The van der Waals surface area contributed by atoms with E-state index in [9.17, 15) is 55.4 Å². The predicted molar refractivity (Wildman–Crippen MR) is 295 cm³/mol. The van der Waals surface area contributed by atoms with Crippen molar-refractivity contribution < 1.29 is 79.1 Å². The molecule has 2 unspecified atom stereocenters. The van der Waals surface area contributed by atoms with E-state index in [0.717, 1.165) is 28.8 Å². The molecule has 0 radical (unpaired) electrons. The summed E-state index contributed by atoms with van der Waals surface area (Å²) in [5.74, 6) is -5.30. The van der Waals surface area contributed by atoms with E-state index in [1.807, 2.05) is 78.9 Å². The quantitative estimate of drug-likeness (QED) is 0.0270. The normalized spacial score (nSPS) is 14.0. The molecule has 6 aromatic rings. The Morgan fingerprint density at radius 3 is 1.64 bits per heavy atom. The molecule has 15 nitrogen and oxygen atoms in total. The average molecular weight is 1150 g/mol. The smallest absolute Gasteiger partial charge is 0.471 e. The second-order valence-electron chi connectivity index (χ2n) is 20.1. The first-order chi connectivity index (χ1) is 39.4. The number of ether oxygens (including phenoxy) is 5. The van der Waals surface area contributed by atoms with Crippen molar-refractivity contribution in [1.82, 2.24) is 10.6 Å². The van der Waals surface area contributed by atoms with E-state index in [1.54, 1.807) is 21.1 Å². The van der Waals surface area contributed by atoms with Crippen LogP contribution in [0, 0.1) is 13.8 Å². The molecule has 3 N–H and O–H groups in total. The summed E-state index contributed by atoms with van der Waals surface area (Å²) in [7, 11) is 3.15. The monoisotopic (exact) mass is 1150 g/mol. The van der Waals surface area contributed by atoms with Crippen LogP contribution in [0.2, 0.25) is 0 Å². The molecule has 0 aromatic heterocycles. The van der Waals surface area contributed by atoms with Gasteiger partial charge in [-0.2, -0.15) is 26.3 Å². The van der Waals surface area contributed by atoms with E-state index in [2.05, 4.69) is 10.6 Å². The van der Waals surface area contributed by atoms with Gasteiger partial charge in [0.05, 0.1) is 49.9 Å². The number of hydrogen-bond donors (Lipinski definition) is 3. The van der Waals surface area contributed by atoms with E-state index in [-0.39, 0.29) is 87.3 Å². The minimum Gasteiger partial charge on any atom is -0.497 e. The summed E-state index contributed by atoms with van der Waals surface area (Å²) in [6.45, 7) is 6.34. The number of unbranched alkanes of at least 4 members (excludes halogenated alkanes) is 2. The van der Waals surface area contributed by atoms with Gasteiger partial charge in [0.25, 0.3) is 5.91 Å². The Morgan fingerprint density at radius 2 is 1.17 bits per heavy atom. The number of fused-ring (bicyclic) bond motifs is 6. The maximum absolute atomic E-state index is 14.1. The van der Waals surface area contributed by atoms with E-state index >= 15 is 0 Å². The summed E-state index contributed by atoms with van der Waals surface area (Å²) >= 11 is 0. The van der Waals surface area contributed by atoms with Crippen molar-refractivity contribution in [2.24, 2.45) is 0 Å². The highest BCUT2D eigenvalue weighted by atomic mass is 19.4. The van der Waals surface area contributed by atoms with E-state index in [0.29, 0.717) is 40.6 Å². The highest BCUT2D eigenvalue weighted by Crippen LogP contribution is 2.58. The number of rotatable bonds is 21. The average Bonchev–Trinajstić information content (AvgIpc) is 2.68. The van der Waals surface area contributed by atoms with Crippen molar-refractivity contribution in [3.05, 3.63) is 177 Å². The lowest BCUT2D eigenvalue weighted by Crippen LogP contribution is -2.47. The second kappa shape index (κ2) is 24.6. The summed E-state index contributed by atoms with van der Waals surface area (Å²) in [5, 5.41) is 16.7. The zero-order chi connectivity index (χ0) is 60.2. The van der Waals surface area contributed by atoms with Crippen LogP contribution in [0.1, 0.15) is 112 Å². The third kappa shape index (κ3) is 12.1. The summed E-state index contributed by atoms with van der Waals surface area (Å²) in [5.41, 5.74) is -0.642. The van der Waals surface area contributed by atoms with Gasteiger partial charge in [0.1, 0.15) is 28.6 Å². The number of esters is 1. The molecule has 0 fully saturated rings. The number of methoxy groups -OCH3 is 2. The SMILES string of the molecule is CCN(C(=O)C(F)(F)F)c1cc2c(cc1C)C1(OC(=O)c3cc(C(=O)NCCCCCC(=O)NC(COC(c4ccccc4)(c4ccc(OC)cc4)c4ccc(OC)cc4)C(C)O)ccc31)c1cc(C)c(N(CC)C(=O)C(F)(F)F)cc1O2. The number of aliphatic hydroxyl groups is 1. The summed E-state index contributed by atoms with van der Waals surface area (Å²) in [4.78, 5) is 67.5. The fraction of sp³-hybridized carbons (Fsp3) is 0.339. The van der Waals surface area contributed by atoms with E-state index < -0.39 is 72.5 Å². The van der Waals surface area contributed by atoms with Crippen LogP contribution >= 0.6 is 0 Å². The molecule has 0 saturated heterocycles. The fourth-order valence-electron chi connectivity index (χ4n) is 10.6. The number of amides is 4. The third-order valence-corrected chi connectivity index (χ3v) is 14.8. The number of halogens is 6. The lowest BCUT2D eigenvalue weighted by atomic mass is 9.76. The minimum absolute atomic E-state index is 0.0536. The highest BCUT2D eigenvalue weighted by Gasteiger charge is 2.55.